The molecular weight excluding hydrogens is 124 g/mol. The molecule has 1 aliphatic rings. The van der Waals surface area contributed by atoms with Crippen molar-refractivity contribution in [1.82, 2.24) is 5.32 Å². The number of hydrogen-bond acceptors (Lipinski definition) is 2. The zero-order valence-corrected chi connectivity index (χ0v) is 6.30. The summed E-state index contributed by atoms with van der Waals surface area (Å²) in [5.74, 6) is 0. The number of nitrogens with two attached hydrogens (primary N) is 1. The largest absolute Gasteiger partial charge is 0.310 e. The third-order valence-corrected chi connectivity index (χ3v) is 1.60. The van der Waals surface area contributed by atoms with Crippen LogP contribution in [-0.4, -0.2) is 12.2 Å². The van der Waals surface area contributed by atoms with Crippen molar-refractivity contribution in [3.05, 3.63) is 24.3 Å². The van der Waals surface area contributed by atoms with Crippen molar-refractivity contribution >= 4 is 0 Å². The fourth-order valence-corrected chi connectivity index (χ4v) is 1.10. The van der Waals surface area contributed by atoms with Gasteiger partial charge in [-0.25, -0.2) is 0 Å². The Morgan fingerprint density at radius 3 is 2.90 bits per heavy atom. The molecule has 1 aliphatic carbocycles. The van der Waals surface area contributed by atoms with Crippen molar-refractivity contribution in [1.29, 1.82) is 0 Å². The summed E-state index contributed by atoms with van der Waals surface area (Å²) in [6.45, 7) is 2.97. The minimum atomic E-state index is -0.288. The Morgan fingerprint density at radius 2 is 2.40 bits per heavy atom. The summed E-state index contributed by atoms with van der Waals surface area (Å²) < 4.78 is 0. The van der Waals surface area contributed by atoms with Crippen LogP contribution in [0.3, 0.4) is 0 Å². The SMILES string of the molecule is CCNC1(N)C=CC=CC1. The molecule has 0 aromatic carbocycles. The van der Waals surface area contributed by atoms with Gasteiger partial charge >= 0.3 is 0 Å². The molecule has 0 aliphatic heterocycles. The normalized spacial score (nSPS) is 31.0. The molecule has 0 spiro atoms. The Bertz CT molecular complexity index is 161. The molecule has 0 bridgehead atoms. The van der Waals surface area contributed by atoms with Crippen LogP contribution in [-0.2, 0) is 0 Å². The van der Waals surface area contributed by atoms with Gasteiger partial charge < -0.3 is 5.73 Å². The third-order valence-electron chi connectivity index (χ3n) is 1.60. The van der Waals surface area contributed by atoms with Crippen LogP contribution in [0.2, 0.25) is 0 Å². The Hall–Kier alpha value is -0.600. The van der Waals surface area contributed by atoms with E-state index in [0.717, 1.165) is 13.0 Å². The molecule has 3 N–H and O–H groups in total. The molecule has 1 rings (SSSR count). The van der Waals surface area contributed by atoms with Crippen LogP contribution in [0, 0.1) is 0 Å². The minimum Gasteiger partial charge on any atom is -0.310 e. The Morgan fingerprint density at radius 1 is 1.60 bits per heavy atom. The van der Waals surface area contributed by atoms with Gasteiger partial charge in [0.2, 0.25) is 0 Å². The van der Waals surface area contributed by atoms with Crippen LogP contribution in [0.25, 0.3) is 0 Å². The predicted molar refractivity (Wildman–Crippen MR) is 43.5 cm³/mol. The van der Waals surface area contributed by atoms with Gasteiger partial charge in [0.1, 0.15) is 0 Å². The lowest BCUT2D eigenvalue weighted by atomic mass is 10.0. The minimum absolute atomic E-state index is 0.288. The molecule has 2 heteroatoms. The average molecular weight is 138 g/mol. The lowest BCUT2D eigenvalue weighted by Gasteiger charge is -2.26. The zero-order chi connectivity index (χ0) is 7.45. The van der Waals surface area contributed by atoms with Gasteiger partial charge in [0, 0.05) is 6.42 Å². The van der Waals surface area contributed by atoms with Gasteiger partial charge in [-0.05, 0) is 6.54 Å². The van der Waals surface area contributed by atoms with Crippen molar-refractivity contribution in [3.63, 3.8) is 0 Å². The second-order valence-electron chi connectivity index (χ2n) is 2.56. The highest BCUT2D eigenvalue weighted by atomic mass is 15.1. The third kappa shape index (κ3) is 1.69. The number of nitrogens with one attached hydrogen (secondary N) is 1. The van der Waals surface area contributed by atoms with Crippen LogP contribution in [0.4, 0.5) is 0 Å². The highest BCUT2D eigenvalue weighted by Crippen LogP contribution is 2.09. The number of hydrogen-bond donors (Lipinski definition) is 2. The molecule has 0 radical (unpaired) electrons. The first-order valence-corrected chi connectivity index (χ1v) is 3.65. The molecule has 10 heavy (non-hydrogen) atoms. The van der Waals surface area contributed by atoms with E-state index in [1.54, 1.807) is 0 Å². The van der Waals surface area contributed by atoms with Crippen molar-refractivity contribution in [3.8, 4) is 0 Å². The lowest BCUT2D eigenvalue weighted by Crippen LogP contribution is -2.51. The van der Waals surface area contributed by atoms with E-state index in [0.29, 0.717) is 0 Å². The van der Waals surface area contributed by atoms with Gasteiger partial charge in [-0.2, -0.15) is 0 Å². The Kier molecular flexibility index (Phi) is 2.25. The van der Waals surface area contributed by atoms with Crippen LogP contribution in [0.15, 0.2) is 24.3 Å². The molecule has 0 heterocycles. The first-order chi connectivity index (χ1) is 4.77. The summed E-state index contributed by atoms with van der Waals surface area (Å²) in [6, 6.07) is 0. The van der Waals surface area contributed by atoms with E-state index in [2.05, 4.69) is 18.3 Å². The highest BCUT2D eigenvalue weighted by molar-refractivity contribution is 5.18. The molecule has 0 amide bonds. The van der Waals surface area contributed by atoms with Crippen molar-refractivity contribution in [2.75, 3.05) is 6.54 Å². The van der Waals surface area contributed by atoms with Gasteiger partial charge in [0.15, 0.2) is 0 Å². The van der Waals surface area contributed by atoms with Gasteiger partial charge in [0.25, 0.3) is 0 Å². The summed E-state index contributed by atoms with van der Waals surface area (Å²) in [5.41, 5.74) is 5.63. The molecule has 1 atom stereocenters. The fraction of sp³-hybridized carbons (Fsp3) is 0.500. The van der Waals surface area contributed by atoms with Gasteiger partial charge in [-0.15, -0.1) is 0 Å². The topological polar surface area (TPSA) is 38.0 Å². The maximum absolute atomic E-state index is 5.92. The quantitative estimate of drug-likeness (QED) is 0.553. The molecule has 0 aromatic heterocycles. The Labute approximate surface area is 61.8 Å². The van der Waals surface area contributed by atoms with E-state index in [9.17, 15) is 0 Å². The van der Waals surface area contributed by atoms with Gasteiger partial charge in [-0.1, -0.05) is 31.2 Å². The molecular formula is C8H14N2. The predicted octanol–water partition coefficient (Wildman–Crippen LogP) is 0.767. The second kappa shape index (κ2) is 2.99. The van der Waals surface area contributed by atoms with Crippen molar-refractivity contribution in [2.24, 2.45) is 5.73 Å². The molecule has 0 fully saturated rings. The van der Waals surface area contributed by atoms with E-state index < -0.39 is 0 Å². The summed E-state index contributed by atoms with van der Waals surface area (Å²) in [4.78, 5) is 0. The van der Waals surface area contributed by atoms with E-state index in [1.165, 1.54) is 0 Å². The molecule has 2 nitrogen and oxygen atoms in total. The smallest absolute Gasteiger partial charge is 0.0892 e. The van der Waals surface area contributed by atoms with Crippen LogP contribution in [0.5, 0.6) is 0 Å². The second-order valence-corrected chi connectivity index (χ2v) is 2.56. The zero-order valence-electron chi connectivity index (χ0n) is 6.30. The number of rotatable bonds is 2. The van der Waals surface area contributed by atoms with Crippen LogP contribution >= 0.6 is 0 Å². The van der Waals surface area contributed by atoms with Crippen molar-refractivity contribution < 1.29 is 0 Å². The van der Waals surface area contributed by atoms with Crippen LogP contribution < -0.4 is 11.1 Å². The monoisotopic (exact) mass is 138 g/mol. The van der Waals surface area contributed by atoms with Gasteiger partial charge in [-0.3, -0.25) is 5.32 Å². The summed E-state index contributed by atoms with van der Waals surface area (Å²) in [6.07, 6.45) is 8.95. The Balaban J connectivity index is 2.52. The average Bonchev–Trinajstić information content (AvgIpc) is 1.89. The summed E-state index contributed by atoms with van der Waals surface area (Å²) >= 11 is 0. The lowest BCUT2D eigenvalue weighted by molar-refractivity contribution is 0.428. The van der Waals surface area contributed by atoms with E-state index in [4.69, 9.17) is 5.73 Å². The standard InChI is InChI=1S/C8H14N2/c1-2-10-8(9)6-4-3-5-7-8/h3-6,10H,2,7,9H2,1H3. The van der Waals surface area contributed by atoms with Crippen LogP contribution in [0.1, 0.15) is 13.3 Å². The fourth-order valence-electron chi connectivity index (χ4n) is 1.10. The summed E-state index contributed by atoms with van der Waals surface area (Å²) in [5, 5.41) is 3.20. The first-order valence-electron chi connectivity index (χ1n) is 3.65. The molecule has 0 saturated carbocycles. The molecule has 1 unspecified atom stereocenters. The van der Waals surface area contributed by atoms with E-state index >= 15 is 0 Å². The van der Waals surface area contributed by atoms with Crippen molar-refractivity contribution in [2.45, 2.75) is 19.0 Å². The van der Waals surface area contributed by atoms with E-state index in [-0.39, 0.29) is 5.66 Å². The van der Waals surface area contributed by atoms with E-state index in [1.807, 2.05) is 18.2 Å². The maximum atomic E-state index is 5.92. The number of likely N-dealkylation sites (N-methyl/N-ethyl adjacent to an activating group) is 1. The number of allylic oxidation sites excluding steroid dienone is 2. The highest BCUT2D eigenvalue weighted by Gasteiger charge is 2.18. The maximum Gasteiger partial charge on any atom is 0.0892 e. The van der Waals surface area contributed by atoms with Gasteiger partial charge in [0.05, 0.1) is 5.66 Å². The summed E-state index contributed by atoms with van der Waals surface area (Å²) in [7, 11) is 0. The molecule has 0 saturated heterocycles. The first kappa shape index (κ1) is 7.51. The molecule has 56 valence electrons. The molecule has 0 aromatic rings.